The standard InChI is InChI=1S/C18H19Cl2NOS/c1-18(2,13-5-6-14(19)15(20)10-13)17(22)21-8-3-4-16-12(11-21)7-9-23-16/h5-7,9-10H,3-4,8,11H2,1-2H3. The molecule has 2 heterocycles. The number of carbonyl (C=O) groups is 1. The molecule has 1 aromatic heterocycles. The molecule has 5 heteroatoms. The van der Waals surface area contributed by atoms with Gasteiger partial charge in [0.15, 0.2) is 0 Å². The Morgan fingerprint density at radius 3 is 2.74 bits per heavy atom. The Kier molecular flexibility index (Phi) is 4.73. The lowest BCUT2D eigenvalue weighted by atomic mass is 9.83. The van der Waals surface area contributed by atoms with Crippen molar-refractivity contribution in [2.75, 3.05) is 6.54 Å². The summed E-state index contributed by atoms with van der Waals surface area (Å²) in [5, 5.41) is 3.11. The number of rotatable bonds is 2. The van der Waals surface area contributed by atoms with Gasteiger partial charge in [-0.2, -0.15) is 0 Å². The summed E-state index contributed by atoms with van der Waals surface area (Å²) in [5.74, 6) is 0.134. The fourth-order valence-electron chi connectivity index (χ4n) is 3.02. The van der Waals surface area contributed by atoms with Crippen molar-refractivity contribution in [1.82, 2.24) is 4.90 Å². The lowest BCUT2D eigenvalue weighted by Crippen LogP contribution is -2.43. The van der Waals surface area contributed by atoms with Crippen molar-refractivity contribution in [3.63, 3.8) is 0 Å². The van der Waals surface area contributed by atoms with Crippen molar-refractivity contribution in [3.05, 3.63) is 55.7 Å². The largest absolute Gasteiger partial charge is 0.338 e. The molecule has 1 aliphatic rings. The molecule has 1 aliphatic heterocycles. The Morgan fingerprint density at radius 1 is 1.22 bits per heavy atom. The summed E-state index contributed by atoms with van der Waals surface area (Å²) >= 11 is 13.9. The predicted molar refractivity (Wildman–Crippen MR) is 97.5 cm³/mol. The molecule has 0 aliphatic carbocycles. The van der Waals surface area contributed by atoms with Crippen LogP contribution in [0.2, 0.25) is 10.0 Å². The van der Waals surface area contributed by atoms with Gasteiger partial charge in [-0.3, -0.25) is 4.79 Å². The molecule has 1 aromatic carbocycles. The number of halogens is 2. The topological polar surface area (TPSA) is 20.3 Å². The van der Waals surface area contributed by atoms with E-state index in [1.54, 1.807) is 23.5 Å². The van der Waals surface area contributed by atoms with E-state index in [1.165, 1.54) is 10.4 Å². The molecule has 0 bridgehead atoms. The first-order chi connectivity index (χ1) is 10.9. The summed E-state index contributed by atoms with van der Waals surface area (Å²) in [7, 11) is 0. The first kappa shape index (κ1) is 16.8. The van der Waals surface area contributed by atoms with Gasteiger partial charge in [-0.25, -0.2) is 0 Å². The number of benzene rings is 1. The molecule has 3 rings (SSSR count). The fraction of sp³-hybridized carbons (Fsp3) is 0.389. The van der Waals surface area contributed by atoms with E-state index < -0.39 is 5.41 Å². The molecule has 23 heavy (non-hydrogen) atoms. The zero-order chi connectivity index (χ0) is 16.6. The molecule has 0 fully saturated rings. The second-order valence-electron chi connectivity index (χ2n) is 6.45. The third-order valence-corrected chi connectivity index (χ3v) is 6.26. The summed E-state index contributed by atoms with van der Waals surface area (Å²) in [4.78, 5) is 16.5. The van der Waals surface area contributed by atoms with Crippen LogP contribution in [0.5, 0.6) is 0 Å². The fourth-order valence-corrected chi connectivity index (χ4v) is 4.26. The molecular weight excluding hydrogens is 349 g/mol. The normalized spacial score (nSPS) is 15.2. The molecule has 0 saturated carbocycles. The van der Waals surface area contributed by atoms with Crippen LogP contribution in [0, 0.1) is 0 Å². The van der Waals surface area contributed by atoms with Gasteiger partial charge >= 0.3 is 0 Å². The Bertz CT molecular complexity index is 738. The van der Waals surface area contributed by atoms with Crippen LogP contribution in [-0.2, 0) is 23.2 Å². The number of aryl methyl sites for hydroxylation is 1. The Labute approximate surface area is 151 Å². The van der Waals surface area contributed by atoms with Gasteiger partial charge in [0, 0.05) is 18.0 Å². The highest BCUT2D eigenvalue weighted by Gasteiger charge is 2.35. The van der Waals surface area contributed by atoms with Crippen LogP contribution >= 0.6 is 34.5 Å². The van der Waals surface area contributed by atoms with E-state index in [0.717, 1.165) is 24.9 Å². The minimum atomic E-state index is -0.630. The van der Waals surface area contributed by atoms with Crippen molar-refractivity contribution >= 4 is 40.4 Å². The van der Waals surface area contributed by atoms with Crippen molar-refractivity contribution in [2.24, 2.45) is 0 Å². The molecule has 0 radical (unpaired) electrons. The van der Waals surface area contributed by atoms with Gasteiger partial charge in [0.1, 0.15) is 0 Å². The Balaban J connectivity index is 1.87. The molecular formula is C18H19Cl2NOS. The first-order valence-electron chi connectivity index (χ1n) is 7.70. The van der Waals surface area contributed by atoms with E-state index >= 15 is 0 Å². The van der Waals surface area contributed by atoms with E-state index in [0.29, 0.717) is 16.6 Å². The van der Waals surface area contributed by atoms with Gasteiger partial charge in [0.05, 0.1) is 15.5 Å². The van der Waals surface area contributed by atoms with Gasteiger partial charge in [0.2, 0.25) is 5.91 Å². The van der Waals surface area contributed by atoms with Crippen LogP contribution in [0.1, 0.15) is 36.3 Å². The highest BCUT2D eigenvalue weighted by Crippen LogP contribution is 2.33. The highest BCUT2D eigenvalue weighted by molar-refractivity contribution is 7.10. The summed E-state index contributed by atoms with van der Waals surface area (Å²) in [6.45, 7) is 5.40. The van der Waals surface area contributed by atoms with Crippen LogP contribution in [-0.4, -0.2) is 17.4 Å². The zero-order valence-corrected chi connectivity index (χ0v) is 15.6. The summed E-state index contributed by atoms with van der Waals surface area (Å²) in [6.07, 6.45) is 2.07. The molecule has 0 spiro atoms. The average Bonchev–Trinajstić information content (AvgIpc) is 2.86. The van der Waals surface area contributed by atoms with E-state index in [4.69, 9.17) is 23.2 Å². The SMILES string of the molecule is CC(C)(C(=O)N1CCCc2sccc2C1)c1ccc(Cl)c(Cl)c1. The molecule has 2 aromatic rings. The predicted octanol–water partition coefficient (Wildman–Crippen LogP) is 5.31. The number of amides is 1. The molecule has 122 valence electrons. The minimum Gasteiger partial charge on any atom is -0.338 e. The molecule has 1 amide bonds. The van der Waals surface area contributed by atoms with Crippen molar-refractivity contribution in [3.8, 4) is 0 Å². The molecule has 0 saturated heterocycles. The summed E-state index contributed by atoms with van der Waals surface area (Å²) < 4.78 is 0. The number of thiophene rings is 1. The van der Waals surface area contributed by atoms with E-state index in [-0.39, 0.29) is 5.91 Å². The maximum absolute atomic E-state index is 13.2. The Hall–Kier alpha value is -1.03. The minimum absolute atomic E-state index is 0.134. The van der Waals surface area contributed by atoms with Crippen LogP contribution in [0.4, 0.5) is 0 Å². The third kappa shape index (κ3) is 3.28. The molecule has 0 N–H and O–H groups in total. The summed E-state index contributed by atoms with van der Waals surface area (Å²) in [6, 6.07) is 7.58. The van der Waals surface area contributed by atoms with E-state index in [2.05, 4.69) is 11.4 Å². The second-order valence-corrected chi connectivity index (χ2v) is 8.27. The van der Waals surface area contributed by atoms with Crippen LogP contribution in [0.3, 0.4) is 0 Å². The molecule has 0 atom stereocenters. The van der Waals surface area contributed by atoms with Gasteiger partial charge in [-0.05, 0) is 61.4 Å². The van der Waals surface area contributed by atoms with Crippen LogP contribution in [0.15, 0.2) is 29.6 Å². The lowest BCUT2D eigenvalue weighted by Gasteiger charge is -2.32. The maximum atomic E-state index is 13.2. The van der Waals surface area contributed by atoms with Crippen molar-refractivity contribution < 1.29 is 4.79 Å². The Morgan fingerprint density at radius 2 is 2.00 bits per heavy atom. The zero-order valence-electron chi connectivity index (χ0n) is 13.2. The average molecular weight is 368 g/mol. The van der Waals surface area contributed by atoms with Crippen molar-refractivity contribution in [2.45, 2.75) is 38.6 Å². The van der Waals surface area contributed by atoms with Gasteiger partial charge in [-0.15, -0.1) is 11.3 Å². The lowest BCUT2D eigenvalue weighted by molar-refractivity contribution is -0.136. The van der Waals surface area contributed by atoms with Crippen LogP contribution < -0.4 is 0 Å². The second kappa shape index (κ2) is 6.46. The molecule has 2 nitrogen and oxygen atoms in total. The van der Waals surface area contributed by atoms with Gasteiger partial charge < -0.3 is 4.90 Å². The number of fused-ring (bicyclic) bond motifs is 1. The van der Waals surface area contributed by atoms with E-state index in [1.807, 2.05) is 24.8 Å². The highest BCUT2D eigenvalue weighted by atomic mass is 35.5. The monoisotopic (exact) mass is 367 g/mol. The summed E-state index contributed by atoms with van der Waals surface area (Å²) in [5.41, 5.74) is 1.55. The number of hydrogen-bond donors (Lipinski definition) is 0. The number of nitrogens with zero attached hydrogens (tertiary/aromatic N) is 1. The third-order valence-electron chi connectivity index (χ3n) is 4.49. The van der Waals surface area contributed by atoms with Crippen LogP contribution in [0.25, 0.3) is 0 Å². The number of hydrogen-bond acceptors (Lipinski definition) is 2. The first-order valence-corrected chi connectivity index (χ1v) is 9.33. The van der Waals surface area contributed by atoms with Gasteiger partial charge in [0.25, 0.3) is 0 Å². The quantitative estimate of drug-likeness (QED) is 0.704. The van der Waals surface area contributed by atoms with Crippen molar-refractivity contribution in [1.29, 1.82) is 0 Å². The number of carbonyl (C=O) groups excluding carboxylic acids is 1. The molecule has 0 unspecified atom stereocenters. The van der Waals surface area contributed by atoms with Gasteiger partial charge in [-0.1, -0.05) is 29.3 Å². The maximum Gasteiger partial charge on any atom is 0.232 e. The van der Waals surface area contributed by atoms with E-state index in [9.17, 15) is 4.79 Å². The smallest absolute Gasteiger partial charge is 0.232 e.